The van der Waals surface area contributed by atoms with Gasteiger partial charge >= 0.3 is 5.97 Å². The molecule has 1 fully saturated rings. The van der Waals surface area contributed by atoms with Crippen LogP contribution in [0.3, 0.4) is 0 Å². The van der Waals surface area contributed by atoms with E-state index in [0.717, 1.165) is 19.3 Å². The normalized spacial score (nSPS) is 19.3. The Bertz CT molecular complexity index is 219. The smallest absolute Gasteiger partial charge is 0.312 e. The lowest BCUT2D eigenvalue weighted by atomic mass is 10.0. The van der Waals surface area contributed by atoms with Crippen LogP contribution in [0.15, 0.2) is 12.7 Å². The van der Waals surface area contributed by atoms with Gasteiger partial charge in [-0.3, -0.25) is 4.79 Å². The number of hydrogen-bond acceptors (Lipinski definition) is 2. The first-order valence-corrected chi connectivity index (χ1v) is 4.74. The Balaban J connectivity index is 2.53. The predicted molar refractivity (Wildman–Crippen MR) is 52.3 cm³/mol. The second-order valence-corrected chi connectivity index (χ2v) is 4.78. The van der Waals surface area contributed by atoms with Gasteiger partial charge in [0.05, 0.1) is 5.41 Å². The lowest BCUT2D eigenvalue weighted by Gasteiger charge is -2.23. The van der Waals surface area contributed by atoms with E-state index in [0.29, 0.717) is 0 Å². The Morgan fingerprint density at radius 1 is 1.54 bits per heavy atom. The monoisotopic (exact) mass is 182 g/mol. The standard InChI is InChI=1S/C11H18O2/c1-5-6-11(7-8-11)9(12)13-10(2,3)4/h5H,1,6-8H2,2-4H3. The van der Waals surface area contributed by atoms with Crippen LogP contribution in [0, 0.1) is 5.41 Å². The van der Waals surface area contributed by atoms with Crippen molar-refractivity contribution in [3.8, 4) is 0 Å². The molecule has 0 bridgehead atoms. The summed E-state index contributed by atoms with van der Waals surface area (Å²) in [5, 5.41) is 0. The third-order valence-electron chi connectivity index (χ3n) is 2.22. The molecule has 0 heterocycles. The number of rotatable bonds is 3. The van der Waals surface area contributed by atoms with E-state index in [4.69, 9.17) is 4.74 Å². The van der Waals surface area contributed by atoms with Gasteiger partial charge in [0, 0.05) is 0 Å². The highest BCUT2D eigenvalue weighted by atomic mass is 16.6. The van der Waals surface area contributed by atoms with Crippen molar-refractivity contribution in [2.45, 2.75) is 45.6 Å². The summed E-state index contributed by atoms with van der Waals surface area (Å²) >= 11 is 0. The fourth-order valence-electron chi connectivity index (χ4n) is 1.31. The summed E-state index contributed by atoms with van der Waals surface area (Å²) in [7, 11) is 0. The molecule has 0 aromatic rings. The minimum atomic E-state index is -0.367. The summed E-state index contributed by atoms with van der Waals surface area (Å²) in [6.45, 7) is 9.35. The van der Waals surface area contributed by atoms with Crippen LogP contribution in [0.4, 0.5) is 0 Å². The van der Waals surface area contributed by atoms with Crippen LogP contribution in [-0.2, 0) is 9.53 Å². The zero-order chi connectivity index (χ0) is 10.1. The molecule has 0 aromatic carbocycles. The Morgan fingerprint density at radius 3 is 2.38 bits per heavy atom. The Kier molecular flexibility index (Phi) is 2.51. The molecule has 13 heavy (non-hydrogen) atoms. The van der Waals surface area contributed by atoms with Crippen molar-refractivity contribution in [2.24, 2.45) is 5.41 Å². The maximum Gasteiger partial charge on any atom is 0.312 e. The lowest BCUT2D eigenvalue weighted by molar-refractivity contribution is -0.161. The summed E-state index contributed by atoms with van der Waals surface area (Å²) < 4.78 is 5.33. The van der Waals surface area contributed by atoms with E-state index in [2.05, 4.69) is 6.58 Å². The summed E-state index contributed by atoms with van der Waals surface area (Å²) in [5.41, 5.74) is -0.580. The maximum absolute atomic E-state index is 11.7. The number of esters is 1. The van der Waals surface area contributed by atoms with Gasteiger partial charge in [0.25, 0.3) is 0 Å². The highest BCUT2D eigenvalue weighted by Crippen LogP contribution is 2.50. The summed E-state index contributed by atoms with van der Waals surface area (Å²) in [5.74, 6) is -0.0556. The average molecular weight is 182 g/mol. The predicted octanol–water partition coefficient (Wildman–Crippen LogP) is 2.68. The average Bonchev–Trinajstić information content (AvgIpc) is 2.66. The zero-order valence-electron chi connectivity index (χ0n) is 8.72. The second-order valence-electron chi connectivity index (χ2n) is 4.78. The number of carbonyl (C=O) groups is 1. The quantitative estimate of drug-likeness (QED) is 0.495. The molecule has 1 aliphatic carbocycles. The van der Waals surface area contributed by atoms with Gasteiger partial charge in [-0.15, -0.1) is 6.58 Å². The van der Waals surface area contributed by atoms with Gasteiger partial charge in [0.1, 0.15) is 5.60 Å². The van der Waals surface area contributed by atoms with E-state index in [-0.39, 0.29) is 17.0 Å². The van der Waals surface area contributed by atoms with Gasteiger partial charge < -0.3 is 4.74 Å². The first kappa shape index (κ1) is 10.3. The molecule has 0 saturated heterocycles. The van der Waals surface area contributed by atoms with Gasteiger partial charge in [-0.05, 0) is 40.0 Å². The molecule has 1 rings (SSSR count). The molecule has 0 unspecified atom stereocenters. The van der Waals surface area contributed by atoms with E-state index in [1.54, 1.807) is 6.08 Å². The zero-order valence-corrected chi connectivity index (χ0v) is 8.72. The van der Waals surface area contributed by atoms with Crippen molar-refractivity contribution in [1.29, 1.82) is 0 Å². The highest BCUT2D eigenvalue weighted by Gasteiger charge is 2.50. The van der Waals surface area contributed by atoms with Crippen LogP contribution >= 0.6 is 0 Å². The molecule has 2 nitrogen and oxygen atoms in total. The van der Waals surface area contributed by atoms with Crippen LogP contribution in [-0.4, -0.2) is 11.6 Å². The fraction of sp³-hybridized carbons (Fsp3) is 0.727. The SMILES string of the molecule is C=CCC1(C(=O)OC(C)(C)C)CC1. The van der Waals surface area contributed by atoms with Crippen LogP contribution in [0.5, 0.6) is 0 Å². The highest BCUT2D eigenvalue weighted by molar-refractivity contribution is 5.80. The molecule has 0 radical (unpaired) electrons. The Hall–Kier alpha value is -0.790. The van der Waals surface area contributed by atoms with E-state index in [1.165, 1.54) is 0 Å². The molecule has 0 atom stereocenters. The van der Waals surface area contributed by atoms with E-state index >= 15 is 0 Å². The molecule has 1 aliphatic rings. The molecule has 0 spiro atoms. The Labute approximate surface area is 80.0 Å². The van der Waals surface area contributed by atoms with E-state index in [1.807, 2.05) is 20.8 Å². The molecule has 0 N–H and O–H groups in total. The van der Waals surface area contributed by atoms with E-state index in [9.17, 15) is 4.79 Å². The second kappa shape index (κ2) is 3.17. The van der Waals surface area contributed by atoms with Crippen molar-refractivity contribution >= 4 is 5.97 Å². The fourth-order valence-corrected chi connectivity index (χ4v) is 1.31. The molecule has 0 amide bonds. The molecule has 74 valence electrons. The van der Waals surface area contributed by atoms with Crippen LogP contribution in [0.25, 0.3) is 0 Å². The van der Waals surface area contributed by atoms with Crippen LogP contribution in [0.2, 0.25) is 0 Å². The maximum atomic E-state index is 11.7. The van der Waals surface area contributed by atoms with Gasteiger partial charge in [-0.2, -0.15) is 0 Å². The van der Waals surface area contributed by atoms with Gasteiger partial charge in [0.2, 0.25) is 0 Å². The van der Waals surface area contributed by atoms with Crippen molar-refractivity contribution in [3.63, 3.8) is 0 Å². The van der Waals surface area contributed by atoms with Gasteiger partial charge in [-0.25, -0.2) is 0 Å². The van der Waals surface area contributed by atoms with Crippen LogP contribution < -0.4 is 0 Å². The van der Waals surface area contributed by atoms with Crippen molar-refractivity contribution < 1.29 is 9.53 Å². The molecule has 0 aliphatic heterocycles. The number of ether oxygens (including phenoxy) is 1. The molecular formula is C11H18O2. The molecule has 2 heteroatoms. The number of carbonyl (C=O) groups excluding carboxylic acids is 1. The van der Waals surface area contributed by atoms with Crippen molar-refractivity contribution in [2.75, 3.05) is 0 Å². The molecule has 0 aromatic heterocycles. The number of hydrogen-bond donors (Lipinski definition) is 0. The first-order chi connectivity index (χ1) is 5.90. The van der Waals surface area contributed by atoms with Crippen molar-refractivity contribution in [1.82, 2.24) is 0 Å². The minimum absolute atomic E-state index is 0.0556. The topological polar surface area (TPSA) is 26.3 Å². The summed E-state index contributed by atoms with van der Waals surface area (Å²) in [6.07, 6.45) is 4.46. The van der Waals surface area contributed by atoms with Gasteiger partial charge in [0.15, 0.2) is 0 Å². The van der Waals surface area contributed by atoms with Crippen LogP contribution in [0.1, 0.15) is 40.0 Å². The summed E-state index contributed by atoms with van der Waals surface area (Å²) in [4.78, 5) is 11.7. The summed E-state index contributed by atoms with van der Waals surface area (Å²) in [6, 6.07) is 0. The largest absolute Gasteiger partial charge is 0.460 e. The molecular weight excluding hydrogens is 164 g/mol. The van der Waals surface area contributed by atoms with E-state index < -0.39 is 0 Å². The number of allylic oxidation sites excluding steroid dienone is 1. The first-order valence-electron chi connectivity index (χ1n) is 4.74. The third-order valence-corrected chi connectivity index (χ3v) is 2.22. The Morgan fingerprint density at radius 2 is 2.08 bits per heavy atom. The van der Waals surface area contributed by atoms with Gasteiger partial charge in [-0.1, -0.05) is 6.08 Å². The lowest BCUT2D eigenvalue weighted by Crippen LogP contribution is -2.29. The third kappa shape index (κ3) is 2.58. The van der Waals surface area contributed by atoms with Crippen molar-refractivity contribution in [3.05, 3.63) is 12.7 Å². The minimum Gasteiger partial charge on any atom is -0.460 e. The molecule has 1 saturated carbocycles.